The smallest absolute Gasteiger partial charge is 0.387 e. The molecular weight excluding hydrogens is 556 g/mol. The van der Waals surface area contributed by atoms with Crippen LogP contribution in [0.4, 0.5) is 14.5 Å². The number of aliphatic hydroxyl groups excluding tert-OH is 1. The number of hydrogen-bond donors (Lipinski definition) is 2. The number of aromatic nitrogens is 5. The van der Waals surface area contributed by atoms with E-state index in [4.69, 9.17) is 14.6 Å². The van der Waals surface area contributed by atoms with E-state index >= 15 is 0 Å². The molecule has 0 bridgehead atoms. The molecule has 0 spiro atoms. The van der Waals surface area contributed by atoms with Gasteiger partial charge in [-0.25, -0.2) is 9.50 Å². The van der Waals surface area contributed by atoms with Crippen molar-refractivity contribution >= 4 is 29.0 Å². The lowest BCUT2D eigenvalue weighted by atomic mass is 9.85. The molecule has 0 unspecified atom stereocenters. The molecule has 0 radical (unpaired) electrons. The van der Waals surface area contributed by atoms with E-state index in [1.165, 1.54) is 16.8 Å². The Balaban J connectivity index is 1.23. The van der Waals surface area contributed by atoms with Gasteiger partial charge in [0.2, 0.25) is 0 Å². The van der Waals surface area contributed by atoms with Crippen LogP contribution in [0.1, 0.15) is 29.2 Å². The molecule has 7 rings (SSSR count). The van der Waals surface area contributed by atoms with E-state index in [9.17, 15) is 18.7 Å². The fourth-order valence-corrected chi connectivity index (χ4v) is 6.34. The number of amides is 1. The third kappa shape index (κ3) is 5.16. The van der Waals surface area contributed by atoms with Crippen molar-refractivity contribution in [3.05, 3.63) is 54.6 Å². The molecule has 11 nitrogen and oxygen atoms in total. The van der Waals surface area contributed by atoms with Gasteiger partial charge in [-0.1, -0.05) is 0 Å². The maximum Gasteiger partial charge on any atom is 0.387 e. The van der Waals surface area contributed by atoms with Crippen molar-refractivity contribution in [1.29, 1.82) is 0 Å². The maximum atomic E-state index is 13.4. The van der Waals surface area contributed by atoms with E-state index in [0.29, 0.717) is 41.8 Å². The van der Waals surface area contributed by atoms with Crippen molar-refractivity contribution in [3.8, 4) is 17.0 Å². The van der Waals surface area contributed by atoms with Crippen LogP contribution in [0.15, 0.2) is 53.9 Å². The van der Waals surface area contributed by atoms with Crippen LogP contribution in [-0.2, 0) is 4.74 Å². The molecule has 0 atom stereocenters. The first kappa shape index (κ1) is 26.3. The number of halogens is 2. The van der Waals surface area contributed by atoms with Crippen LogP contribution >= 0.6 is 11.8 Å². The third-order valence-corrected chi connectivity index (χ3v) is 8.84. The van der Waals surface area contributed by atoms with E-state index in [2.05, 4.69) is 20.3 Å². The molecule has 14 heteroatoms. The standard InChI is InChI=1S/C27H27F2N7O4S/c28-27(29)40-23-3-2-18(41-19-13-39-14-19)8-20(23)24-22(32-26(38)21-9-31-35-5-1-4-30-25(21)35)12-36(33-24)16-10-34(11-16)15-6-17(37)7-15/h1-5,8-9,12,15-17,19,27,37H,6-7,10-11,13-14H2,(H,32,38). The molecule has 2 saturated heterocycles. The van der Waals surface area contributed by atoms with Crippen molar-refractivity contribution in [2.45, 2.75) is 47.8 Å². The van der Waals surface area contributed by atoms with Crippen LogP contribution in [0, 0.1) is 0 Å². The van der Waals surface area contributed by atoms with Gasteiger partial charge in [-0.2, -0.15) is 19.0 Å². The lowest BCUT2D eigenvalue weighted by Crippen LogP contribution is -2.57. The molecule has 2 N–H and O–H groups in total. The highest BCUT2D eigenvalue weighted by molar-refractivity contribution is 8.00. The lowest BCUT2D eigenvalue weighted by molar-refractivity contribution is -0.0495. The zero-order chi connectivity index (χ0) is 28.1. The Labute approximate surface area is 237 Å². The number of anilines is 1. The molecule has 41 heavy (non-hydrogen) atoms. The highest BCUT2D eigenvalue weighted by Crippen LogP contribution is 2.41. The lowest BCUT2D eigenvalue weighted by Gasteiger charge is -2.49. The molecule has 1 aliphatic carbocycles. The van der Waals surface area contributed by atoms with Crippen molar-refractivity contribution in [1.82, 2.24) is 29.3 Å². The molecule has 1 saturated carbocycles. The summed E-state index contributed by atoms with van der Waals surface area (Å²) < 4.78 is 40.3. The second kappa shape index (κ2) is 10.7. The monoisotopic (exact) mass is 583 g/mol. The van der Waals surface area contributed by atoms with Gasteiger partial charge in [0, 0.05) is 48.2 Å². The van der Waals surface area contributed by atoms with Crippen LogP contribution in [-0.4, -0.2) is 90.6 Å². The summed E-state index contributed by atoms with van der Waals surface area (Å²) in [5.74, 6) is -0.488. The minimum atomic E-state index is -3.03. The van der Waals surface area contributed by atoms with Gasteiger partial charge in [-0.05, 0) is 37.1 Å². The Morgan fingerprint density at radius 3 is 2.78 bits per heavy atom. The first-order valence-corrected chi connectivity index (χ1v) is 14.2. The number of nitrogens with one attached hydrogen (secondary N) is 1. The number of carbonyl (C=O) groups excluding carboxylic acids is 1. The van der Waals surface area contributed by atoms with Crippen LogP contribution in [0.5, 0.6) is 5.75 Å². The molecule has 4 aromatic rings. The molecule has 214 valence electrons. The average Bonchev–Trinajstić information content (AvgIpc) is 3.49. The summed E-state index contributed by atoms with van der Waals surface area (Å²) in [5, 5.41) is 21.9. The fourth-order valence-electron chi connectivity index (χ4n) is 5.30. The van der Waals surface area contributed by atoms with E-state index in [-0.39, 0.29) is 28.7 Å². The zero-order valence-corrected chi connectivity index (χ0v) is 22.6. The SMILES string of the molecule is O=C(Nc1cn(C2CN(C3CC(O)C3)C2)nc1-c1cc(SC2COC2)ccc1OC(F)F)c1cnn2cccnc12. The molecule has 3 fully saturated rings. The van der Waals surface area contributed by atoms with Gasteiger partial charge in [0.15, 0.2) is 5.65 Å². The van der Waals surface area contributed by atoms with Gasteiger partial charge >= 0.3 is 6.61 Å². The largest absolute Gasteiger partial charge is 0.434 e. The first-order chi connectivity index (χ1) is 19.9. The number of aliphatic hydroxyl groups is 1. The molecule has 3 aliphatic rings. The highest BCUT2D eigenvalue weighted by atomic mass is 32.2. The van der Waals surface area contributed by atoms with Crippen molar-refractivity contribution in [3.63, 3.8) is 0 Å². The predicted molar refractivity (Wildman–Crippen MR) is 145 cm³/mol. The van der Waals surface area contributed by atoms with E-state index in [0.717, 1.165) is 30.8 Å². The summed E-state index contributed by atoms with van der Waals surface area (Å²) in [7, 11) is 0. The van der Waals surface area contributed by atoms with Gasteiger partial charge in [0.25, 0.3) is 5.91 Å². The minimum absolute atomic E-state index is 0.0277. The third-order valence-electron chi connectivity index (χ3n) is 7.71. The van der Waals surface area contributed by atoms with Crippen LogP contribution < -0.4 is 10.1 Å². The quantitative estimate of drug-likeness (QED) is 0.306. The van der Waals surface area contributed by atoms with Crippen molar-refractivity contribution in [2.75, 3.05) is 31.6 Å². The normalized spacial score (nSPS) is 21.5. The second-order valence-corrected chi connectivity index (χ2v) is 11.8. The van der Waals surface area contributed by atoms with Crippen LogP contribution in [0.2, 0.25) is 0 Å². The van der Waals surface area contributed by atoms with E-state index < -0.39 is 12.5 Å². The van der Waals surface area contributed by atoms with Gasteiger partial charge in [0.1, 0.15) is 17.0 Å². The number of likely N-dealkylation sites (tertiary alicyclic amines) is 1. The van der Waals surface area contributed by atoms with Crippen LogP contribution in [0.3, 0.4) is 0 Å². The molecule has 5 heterocycles. The number of hydrogen-bond acceptors (Lipinski definition) is 9. The molecule has 1 aromatic carbocycles. The number of ether oxygens (including phenoxy) is 2. The fraction of sp³-hybridized carbons (Fsp3) is 0.407. The Bertz CT molecular complexity index is 1580. The molecular formula is C27H27F2N7O4S. The molecule has 2 aliphatic heterocycles. The number of benzene rings is 1. The van der Waals surface area contributed by atoms with E-state index in [1.807, 2.05) is 0 Å². The number of thioether (sulfide) groups is 1. The number of fused-ring (bicyclic) bond motifs is 1. The summed E-state index contributed by atoms with van der Waals surface area (Å²) in [4.78, 5) is 20.8. The number of alkyl halides is 2. The molecule has 3 aromatic heterocycles. The van der Waals surface area contributed by atoms with Crippen molar-refractivity contribution < 1.29 is 28.2 Å². The summed E-state index contributed by atoms with van der Waals surface area (Å²) in [6.07, 6.45) is 7.71. The van der Waals surface area contributed by atoms with Crippen LogP contribution in [0.25, 0.3) is 16.9 Å². The average molecular weight is 584 g/mol. The second-order valence-electron chi connectivity index (χ2n) is 10.5. The number of rotatable bonds is 9. The van der Waals surface area contributed by atoms with Gasteiger partial charge in [-0.15, -0.1) is 11.8 Å². The van der Waals surface area contributed by atoms with Gasteiger partial charge in [-0.3, -0.25) is 14.4 Å². The van der Waals surface area contributed by atoms with E-state index in [1.54, 1.807) is 53.2 Å². The van der Waals surface area contributed by atoms with Gasteiger partial charge < -0.3 is 19.9 Å². The summed E-state index contributed by atoms with van der Waals surface area (Å²) in [6, 6.07) is 7.11. The Morgan fingerprint density at radius 2 is 2.05 bits per heavy atom. The predicted octanol–water partition coefficient (Wildman–Crippen LogP) is 3.32. The number of carbonyl (C=O) groups is 1. The minimum Gasteiger partial charge on any atom is -0.434 e. The van der Waals surface area contributed by atoms with Gasteiger partial charge in [0.05, 0.1) is 42.5 Å². The topological polar surface area (TPSA) is 119 Å². The number of nitrogens with zero attached hydrogens (tertiary/aromatic N) is 6. The summed E-state index contributed by atoms with van der Waals surface area (Å²) in [6.45, 7) is -0.316. The summed E-state index contributed by atoms with van der Waals surface area (Å²) >= 11 is 1.59. The summed E-state index contributed by atoms with van der Waals surface area (Å²) in [5.41, 5.74) is 1.68. The first-order valence-electron chi connectivity index (χ1n) is 13.4. The maximum absolute atomic E-state index is 13.4. The Kier molecular flexibility index (Phi) is 6.85. The highest BCUT2D eigenvalue weighted by Gasteiger charge is 2.40. The Hall–Kier alpha value is -3.59. The zero-order valence-electron chi connectivity index (χ0n) is 21.8. The Morgan fingerprint density at radius 1 is 1.22 bits per heavy atom. The molecule has 1 amide bonds. The van der Waals surface area contributed by atoms with Crippen molar-refractivity contribution in [2.24, 2.45) is 0 Å².